The van der Waals surface area contributed by atoms with Crippen LogP contribution in [0.15, 0.2) is 0 Å². The third-order valence-corrected chi connectivity index (χ3v) is 4.96. The topological polar surface area (TPSA) is 94.8 Å². The molecule has 0 aromatic carbocycles. The van der Waals surface area contributed by atoms with Gasteiger partial charge in [0.1, 0.15) is 0 Å². The minimum atomic E-state index is -4.22. The number of carbonyl (C=O) groups is 1. The number of hydrogen-bond acceptors (Lipinski definition) is 2. The lowest BCUT2D eigenvalue weighted by molar-refractivity contribution is -0.155. The summed E-state index contributed by atoms with van der Waals surface area (Å²) in [7, 11) is -4.22. The van der Waals surface area contributed by atoms with Gasteiger partial charge < -0.3 is 14.9 Å². The predicted octanol–water partition coefficient (Wildman–Crippen LogP) is 2.08. The quantitative estimate of drug-likeness (QED) is 0.629. The van der Waals surface area contributed by atoms with Gasteiger partial charge in [-0.05, 0) is 25.2 Å². The molecule has 96 valence electrons. The van der Waals surface area contributed by atoms with Gasteiger partial charge in [0.25, 0.3) is 0 Å². The van der Waals surface area contributed by atoms with Gasteiger partial charge in [0, 0.05) is 0 Å². The van der Waals surface area contributed by atoms with Crippen LogP contribution in [-0.4, -0.2) is 27.0 Å². The van der Waals surface area contributed by atoms with Gasteiger partial charge in [-0.3, -0.25) is 9.36 Å². The summed E-state index contributed by atoms with van der Waals surface area (Å²) in [6, 6.07) is 0. The molecule has 6 heteroatoms. The smallest absolute Gasteiger partial charge is 0.326 e. The fourth-order valence-electron chi connectivity index (χ4n) is 1.97. The van der Waals surface area contributed by atoms with Crippen molar-refractivity contribution in [2.75, 3.05) is 6.16 Å². The third-order valence-electron chi connectivity index (χ3n) is 3.85. The van der Waals surface area contributed by atoms with E-state index in [1.165, 1.54) is 0 Å². The molecule has 0 aromatic rings. The van der Waals surface area contributed by atoms with E-state index in [4.69, 9.17) is 9.79 Å². The van der Waals surface area contributed by atoms with Gasteiger partial charge in [-0.2, -0.15) is 0 Å². The molecule has 2 atom stereocenters. The highest BCUT2D eigenvalue weighted by Gasteiger charge is 2.50. The molecule has 0 spiro atoms. The Morgan fingerprint density at radius 1 is 1.19 bits per heavy atom. The van der Waals surface area contributed by atoms with E-state index >= 15 is 0 Å². The van der Waals surface area contributed by atoms with Crippen molar-refractivity contribution < 1.29 is 24.3 Å². The van der Waals surface area contributed by atoms with Crippen LogP contribution in [0.5, 0.6) is 0 Å². The van der Waals surface area contributed by atoms with Crippen LogP contribution in [0.25, 0.3) is 0 Å². The molecule has 0 radical (unpaired) electrons. The second kappa shape index (κ2) is 4.86. The second-order valence-electron chi connectivity index (χ2n) is 4.73. The van der Waals surface area contributed by atoms with Crippen LogP contribution >= 0.6 is 7.60 Å². The summed E-state index contributed by atoms with van der Waals surface area (Å²) >= 11 is 0. The molecular weight excluding hydrogens is 231 g/mol. The average Bonchev–Trinajstić information content (AvgIpc) is 2.13. The minimum Gasteiger partial charge on any atom is -0.481 e. The van der Waals surface area contributed by atoms with E-state index in [0.29, 0.717) is 12.8 Å². The molecule has 0 rings (SSSR count). The Kier molecular flexibility index (Phi) is 4.75. The maximum Gasteiger partial charge on any atom is 0.326 e. The summed E-state index contributed by atoms with van der Waals surface area (Å²) in [6.07, 6.45) is 0.356. The summed E-state index contributed by atoms with van der Waals surface area (Å²) in [5.74, 6) is -1.01. The minimum absolute atomic E-state index is 0.340. The molecule has 0 aliphatic carbocycles. The second-order valence-corrected chi connectivity index (χ2v) is 6.37. The standard InChI is InChI=1S/C10H21O5P/c1-5-9(3,7-16(13,14)15)10(4,6-2)8(11)12/h5-7H2,1-4H3,(H,11,12)(H2,13,14,15). The highest BCUT2D eigenvalue weighted by molar-refractivity contribution is 7.51. The number of carboxylic acid groups (broad SMARTS) is 1. The van der Waals surface area contributed by atoms with Gasteiger partial charge in [-0.25, -0.2) is 0 Å². The molecule has 0 fully saturated rings. The zero-order chi connectivity index (χ0) is 13.2. The van der Waals surface area contributed by atoms with Crippen molar-refractivity contribution >= 4 is 13.6 Å². The average molecular weight is 252 g/mol. The van der Waals surface area contributed by atoms with E-state index in [1.807, 2.05) is 0 Å². The maximum absolute atomic E-state index is 11.3. The summed E-state index contributed by atoms with van der Waals surface area (Å²) < 4.78 is 11.1. The molecular formula is C10H21O5P. The van der Waals surface area contributed by atoms with Gasteiger partial charge >= 0.3 is 13.6 Å². The fourth-order valence-corrected chi connectivity index (χ4v) is 3.45. The highest BCUT2D eigenvalue weighted by atomic mass is 31.2. The molecule has 3 N–H and O–H groups in total. The van der Waals surface area contributed by atoms with Crippen molar-refractivity contribution in [3.05, 3.63) is 0 Å². The summed E-state index contributed by atoms with van der Waals surface area (Å²) in [4.78, 5) is 29.4. The molecule has 0 aromatic heterocycles. The number of hydrogen-bond donors (Lipinski definition) is 3. The van der Waals surface area contributed by atoms with E-state index in [-0.39, 0.29) is 0 Å². The normalized spacial score (nSPS) is 19.9. The zero-order valence-corrected chi connectivity index (χ0v) is 11.1. The van der Waals surface area contributed by atoms with Crippen molar-refractivity contribution in [3.63, 3.8) is 0 Å². The molecule has 0 bridgehead atoms. The Labute approximate surface area is 96.0 Å². The number of aliphatic carboxylic acids is 1. The fraction of sp³-hybridized carbons (Fsp3) is 0.900. The number of rotatable bonds is 6. The molecule has 0 amide bonds. The molecule has 0 aliphatic heterocycles. The van der Waals surface area contributed by atoms with Crippen LogP contribution in [0.1, 0.15) is 40.5 Å². The monoisotopic (exact) mass is 252 g/mol. The van der Waals surface area contributed by atoms with Gasteiger partial charge in [0.15, 0.2) is 0 Å². The van der Waals surface area contributed by atoms with Crippen LogP contribution in [0.3, 0.4) is 0 Å². The van der Waals surface area contributed by atoms with Crippen LogP contribution in [0, 0.1) is 10.8 Å². The molecule has 0 saturated carbocycles. The Morgan fingerprint density at radius 2 is 1.62 bits per heavy atom. The first-order valence-electron chi connectivity index (χ1n) is 5.30. The molecule has 0 saturated heterocycles. The van der Waals surface area contributed by atoms with Crippen molar-refractivity contribution in [2.45, 2.75) is 40.5 Å². The van der Waals surface area contributed by atoms with E-state index < -0.39 is 30.6 Å². The lowest BCUT2D eigenvalue weighted by Crippen LogP contribution is -2.45. The largest absolute Gasteiger partial charge is 0.481 e. The highest BCUT2D eigenvalue weighted by Crippen LogP contribution is 2.53. The summed E-state index contributed by atoms with van der Waals surface area (Å²) in [5, 5.41) is 9.24. The summed E-state index contributed by atoms with van der Waals surface area (Å²) in [6.45, 7) is 6.66. The van der Waals surface area contributed by atoms with Crippen LogP contribution in [-0.2, 0) is 9.36 Å². The predicted molar refractivity (Wildman–Crippen MR) is 61.3 cm³/mol. The molecule has 0 aliphatic rings. The van der Waals surface area contributed by atoms with Gasteiger partial charge in [0.05, 0.1) is 11.6 Å². The van der Waals surface area contributed by atoms with Crippen molar-refractivity contribution in [3.8, 4) is 0 Å². The molecule has 0 heterocycles. The maximum atomic E-state index is 11.3. The van der Waals surface area contributed by atoms with Gasteiger partial charge in [-0.15, -0.1) is 0 Å². The Balaban J connectivity index is 5.37. The van der Waals surface area contributed by atoms with Crippen molar-refractivity contribution in [1.82, 2.24) is 0 Å². The lowest BCUT2D eigenvalue weighted by atomic mass is 9.63. The number of carboxylic acids is 1. The third kappa shape index (κ3) is 3.06. The Hall–Kier alpha value is -0.380. The van der Waals surface area contributed by atoms with E-state index in [9.17, 15) is 14.5 Å². The van der Waals surface area contributed by atoms with Gasteiger partial charge in [-0.1, -0.05) is 20.8 Å². The van der Waals surface area contributed by atoms with Crippen molar-refractivity contribution in [1.29, 1.82) is 0 Å². The molecule has 16 heavy (non-hydrogen) atoms. The van der Waals surface area contributed by atoms with E-state index in [1.54, 1.807) is 27.7 Å². The lowest BCUT2D eigenvalue weighted by Gasteiger charge is -2.42. The van der Waals surface area contributed by atoms with E-state index in [0.717, 1.165) is 0 Å². The zero-order valence-electron chi connectivity index (χ0n) is 10.2. The molecule has 5 nitrogen and oxygen atoms in total. The summed E-state index contributed by atoms with van der Waals surface area (Å²) in [5.41, 5.74) is -2.03. The Morgan fingerprint density at radius 3 is 1.81 bits per heavy atom. The van der Waals surface area contributed by atoms with Crippen LogP contribution in [0.4, 0.5) is 0 Å². The first kappa shape index (κ1) is 15.6. The van der Waals surface area contributed by atoms with Crippen LogP contribution in [0.2, 0.25) is 0 Å². The Bertz CT molecular complexity index is 310. The molecule has 2 unspecified atom stereocenters. The van der Waals surface area contributed by atoms with Crippen LogP contribution < -0.4 is 0 Å². The first-order chi connectivity index (χ1) is 7.02. The van der Waals surface area contributed by atoms with E-state index in [2.05, 4.69) is 0 Å². The van der Waals surface area contributed by atoms with Crippen molar-refractivity contribution in [2.24, 2.45) is 10.8 Å². The SMILES string of the molecule is CCC(C)(CP(=O)(O)O)C(C)(CC)C(=O)O. The van der Waals surface area contributed by atoms with Gasteiger partial charge in [0.2, 0.25) is 0 Å². The first-order valence-corrected chi connectivity index (χ1v) is 7.10.